The lowest BCUT2D eigenvalue weighted by molar-refractivity contribution is 0.122. The summed E-state index contributed by atoms with van der Waals surface area (Å²) in [5.41, 5.74) is 1.75. The fourth-order valence-electron chi connectivity index (χ4n) is 2.83. The number of rotatable bonds is 5. The summed E-state index contributed by atoms with van der Waals surface area (Å²) < 4.78 is 10.6. The van der Waals surface area contributed by atoms with Crippen molar-refractivity contribution in [3.8, 4) is 17.0 Å². The van der Waals surface area contributed by atoms with Crippen LogP contribution in [-0.4, -0.2) is 53.6 Å². The van der Waals surface area contributed by atoms with Crippen LogP contribution in [0.3, 0.4) is 0 Å². The average Bonchev–Trinajstić information content (AvgIpc) is 3.17. The minimum Gasteiger partial charge on any atom is -0.495 e. The van der Waals surface area contributed by atoms with Crippen molar-refractivity contribution in [1.82, 2.24) is 20.2 Å². The van der Waals surface area contributed by atoms with E-state index in [-0.39, 0.29) is 0 Å². The molecule has 0 saturated carbocycles. The Kier molecular flexibility index (Phi) is 5.08. The van der Waals surface area contributed by atoms with Crippen LogP contribution in [0.4, 0.5) is 17.6 Å². The van der Waals surface area contributed by atoms with Gasteiger partial charge in [-0.15, -0.1) is 0 Å². The van der Waals surface area contributed by atoms with Gasteiger partial charge in [-0.05, 0) is 24.3 Å². The molecule has 1 fully saturated rings. The Labute approximate surface area is 161 Å². The zero-order valence-electron chi connectivity index (χ0n) is 14.8. The van der Waals surface area contributed by atoms with Crippen LogP contribution in [0.5, 0.6) is 5.75 Å². The van der Waals surface area contributed by atoms with Gasteiger partial charge in [0.05, 0.1) is 31.0 Å². The van der Waals surface area contributed by atoms with Crippen LogP contribution in [0.25, 0.3) is 11.3 Å². The molecule has 9 heteroatoms. The number of methoxy groups -OCH3 is 1. The summed E-state index contributed by atoms with van der Waals surface area (Å²) in [4.78, 5) is 11.0. The highest BCUT2D eigenvalue weighted by atomic mass is 35.5. The quantitative estimate of drug-likeness (QED) is 0.696. The molecule has 2 N–H and O–H groups in total. The van der Waals surface area contributed by atoms with Gasteiger partial charge in [-0.1, -0.05) is 11.6 Å². The Morgan fingerprint density at radius 1 is 1.19 bits per heavy atom. The van der Waals surface area contributed by atoms with Crippen LogP contribution in [0.15, 0.2) is 36.5 Å². The van der Waals surface area contributed by atoms with Crippen molar-refractivity contribution in [3.63, 3.8) is 0 Å². The molecule has 4 rings (SSSR count). The molecule has 0 radical (unpaired) electrons. The van der Waals surface area contributed by atoms with Gasteiger partial charge in [-0.25, -0.2) is 4.98 Å². The molecule has 3 heterocycles. The standard InChI is InChI=1S/C18H19ClN6O2/c1-26-15-3-2-12(10-13(15)19)14-11-17(24-23-14)21-16-4-5-20-18(22-16)25-6-8-27-9-7-25/h2-5,10-11H,6-9H2,1H3,(H2,20,21,22,23,24). The van der Waals surface area contributed by atoms with Crippen molar-refractivity contribution >= 4 is 29.2 Å². The Morgan fingerprint density at radius 2 is 2.04 bits per heavy atom. The van der Waals surface area contributed by atoms with E-state index in [1.54, 1.807) is 13.3 Å². The minimum atomic E-state index is 0.546. The third kappa shape index (κ3) is 3.96. The number of nitrogens with zero attached hydrogens (tertiary/aromatic N) is 4. The molecule has 0 unspecified atom stereocenters. The summed E-state index contributed by atoms with van der Waals surface area (Å²) >= 11 is 6.20. The van der Waals surface area contributed by atoms with Crippen LogP contribution in [0.2, 0.25) is 5.02 Å². The molecular formula is C18H19ClN6O2. The summed E-state index contributed by atoms with van der Waals surface area (Å²) in [6, 6.07) is 9.28. The molecule has 2 aromatic heterocycles. The number of hydrogen-bond donors (Lipinski definition) is 2. The monoisotopic (exact) mass is 386 g/mol. The summed E-state index contributed by atoms with van der Waals surface area (Å²) in [7, 11) is 1.59. The van der Waals surface area contributed by atoms with E-state index in [2.05, 4.69) is 30.4 Å². The molecular weight excluding hydrogens is 368 g/mol. The molecule has 1 saturated heterocycles. The number of aromatic nitrogens is 4. The van der Waals surface area contributed by atoms with Gasteiger partial charge >= 0.3 is 0 Å². The normalized spacial score (nSPS) is 14.2. The van der Waals surface area contributed by atoms with Gasteiger partial charge in [-0.2, -0.15) is 10.1 Å². The van der Waals surface area contributed by atoms with E-state index >= 15 is 0 Å². The van der Waals surface area contributed by atoms with Crippen molar-refractivity contribution < 1.29 is 9.47 Å². The number of anilines is 3. The van der Waals surface area contributed by atoms with Crippen molar-refractivity contribution in [1.29, 1.82) is 0 Å². The molecule has 27 heavy (non-hydrogen) atoms. The first-order valence-corrected chi connectivity index (χ1v) is 8.93. The molecule has 0 bridgehead atoms. The van der Waals surface area contributed by atoms with Gasteiger partial charge in [0.25, 0.3) is 0 Å². The maximum atomic E-state index is 6.20. The van der Waals surface area contributed by atoms with Gasteiger partial charge in [0.15, 0.2) is 5.82 Å². The van der Waals surface area contributed by atoms with Crippen LogP contribution >= 0.6 is 11.6 Å². The van der Waals surface area contributed by atoms with Gasteiger partial charge in [0.2, 0.25) is 5.95 Å². The lowest BCUT2D eigenvalue weighted by Crippen LogP contribution is -2.37. The molecule has 1 aromatic carbocycles. The zero-order valence-corrected chi connectivity index (χ0v) is 15.5. The first-order chi connectivity index (χ1) is 13.2. The smallest absolute Gasteiger partial charge is 0.227 e. The average molecular weight is 387 g/mol. The summed E-state index contributed by atoms with van der Waals surface area (Å²) in [5.74, 6) is 2.65. The number of aromatic amines is 1. The van der Waals surface area contributed by atoms with Crippen LogP contribution in [0.1, 0.15) is 0 Å². The van der Waals surface area contributed by atoms with Crippen molar-refractivity contribution in [3.05, 3.63) is 41.6 Å². The predicted octanol–water partition coefficient (Wildman–Crippen LogP) is 3.11. The van der Waals surface area contributed by atoms with E-state index in [1.807, 2.05) is 30.3 Å². The number of morpholine rings is 1. The Balaban J connectivity index is 1.50. The van der Waals surface area contributed by atoms with Gasteiger partial charge in [0.1, 0.15) is 11.6 Å². The van der Waals surface area contributed by atoms with Crippen LogP contribution in [-0.2, 0) is 4.74 Å². The number of halogens is 1. The summed E-state index contributed by atoms with van der Waals surface area (Å²) in [6.07, 6.45) is 1.73. The highest BCUT2D eigenvalue weighted by Crippen LogP contribution is 2.30. The second-order valence-corrected chi connectivity index (χ2v) is 6.39. The first kappa shape index (κ1) is 17.6. The number of benzene rings is 1. The maximum Gasteiger partial charge on any atom is 0.227 e. The molecule has 0 atom stereocenters. The van der Waals surface area contributed by atoms with E-state index in [4.69, 9.17) is 21.1 Å². The first-order valence-electron chi connectivity index (χ1n) is 8.55. The van der Waals surface area contributed by atoms with Gasteiger partial charge < -0.3 is 19.7 Å². The van der Waals surface area contributed by atoms with E-state index in [1.165, 1.54) is 0 Å². The third-order valence-corrected chi connectivity index (χ3v) is 4.53. The topological polar surface area (TPSA) is 88.2 Å². The second-order valence-electron chi connectivity index (χ2n) is 5.98. The molecule has 0 spiro atoms. The SMILES string of the molecule is COc1ccc(-c2cc(Nc3ccnc(N4CCOCC4)n3)n[nH]2)cc1Cl. The van der Waals surface area contributed by atoms with E-state index in [9.17, 15) is 0 Å². The Hall–Kier alpha value is -2.84. The van der Waals surface area contributed by atoms with E-state index in [0.717, 1.165) is 24.3 Å². The highest BCUT2D eigenvalue weighted by Gasteiger charge is 2.14. The number of hydrogen-bond acceptors (Lipinski definition) is 7. The Morgan fingerprint density at radius 3 is 2.81 bits per heavy atom. The largest absolute Gasteiger partial charge is 0.495 e. The molecule has 140 valence electrons. The molecule has 3 aromatic rings. The number of H-pyrrole nitrogens is 1. The lowest BCUT2D eigenvalue weighted by Gasteiger charge is -2.26. The van der Waals surface area contributed by atoms with Gasteiger partial charge in [-0.3, -0.25) is 5.10 Å². The molecule has 1 aliphatic rings. The fraction of sp³-hybridized carbons (Fsp3) is 0.278. The van der Waals surface area contributed by atoms with Crippen LogP contribution < -0.4 is 15.0 Å². The maximum absolute atomic E-state index is 6.20. The van der Waals surface area contributed by atoms with Gasteiger partial charge in [0, 0.05) is 30.9 Å². The zero-order chi connectivity index (χ0) is 18.6. The third-order valence-electron chi connectivity index (χ3n) is 4.23. The summed E-state index contributed by atoms with van der Waals surface area (Å²) in [6.45, 7) is 2.95. The van der Waals surface area contributed by atoms with E-state index in [0.29, 0.717) is 41.6 Å². The predicted molar refractivity (Wildman–Crippen MR) is 104 cm³/mol. The van der Waals surface area contributed by atoms with Crippen molar-refractivity contribution in [2.75, 3.05) is 43.6 Å². The minimum absolute atomic E-state index is 0.546. The highest BCUT2D eigenvalue weighted by molar-refractivity contribution is 6.32. The number of nitrogens with one attached hydrogen (secondary N) is 2. The van der Waals surface area contributed by atoms with E-state index < -0.39 is 0 Å². The molecule has 0 aliphatic carbocycles. The Bertz CT molecular complexity index is 926. The fourth-order valence-corrected chi connectivity index (χ4v) is 3.09. The molecule has 0 amide bonds. The van der Waals surface area contributed by atoms with Crippen LogP contribution in [0, 0.1) is 0 Å². The molecule has 8 nitrogen and oxygen atoms in total. The summed E-state index contributed by atoms with van der Waals surface area (Å²) in [5, 5.41) is 11.0. The number of ether oxygens (including phenoxy) is 2. The molecule has 1 aliphatic heterocycles. The lowest BCUT2D eigenvalue weighted by atomic mass is 10.1. The van der Waals surface area contributed by atoms with Crippen molar-refractivity contribution in [2.45, 2.75) is 0 Å². The second kappa shape index (κ2) is 7.81. The van der Waals surface area contributed by atoms with Crippen molar-refractivity contribution in [2.24, 2.45) is 0 Å².